The molecule has 1 saturated carbocycles. The second-order valence-corrected chi connectivity index (χ2v) is 5.01. The summed E-state index contributed by atoms with van der Waals surface area (Å²) in [7, 11) is 0. The molecule has 0 saturated heterocycles. The molecule has 1 aliphatic heterocycles. The van der Waals surface area contributed by atoms with Gasteiger partial charge in [0.05, 0.1) is 0 Å². The minimum Gasteiger partial charge on any atom is -0.454 e. The van der Waals surface area contributed by atoms with Crippen LogP contribution in [0, 0.1) is 6.92 Å². The van der Waals surface area contributed by atoms with Crippen molar-refractivity contribution < 1.29 is 9.47 Å². The third kappa shape index (κ3) is 1.25. The Morgan fingerprint density at radius 1 is 1.38 bits per heavy atom. The van der Waals surface area contributed by atoms with Crippen LogP contribution in [0.15, 0.2) is 6.07 Å². The van der Waals surface area contributed by atoms with Gasteiger partial charge in [0.2, 0.25) is 6.79 Å². The van der Waals surface area contributed by atoms with Crippen LogP contribution in [0.3, 0.4) is 0 Å². The van der Waals surface area contributed by atoms with Crippen molar-refractivity contribution in [3.05, 3.63) is 22.2 Å². The monoisotopic (exact) mass is 239 g/mol. The summed E-state index contributed by atoms with van der Waals surface area (Å²) in [5.74, 6) is 1.53. The van der Waals surface area contributed by atoms with Crippen molar-refractivity contribution in [2.45, 2.75) is 31.7 Å². The lowest BCUT2D eigenvalue weighted by atomic mass is 9.71. The Bertz CT molecular complexity index is 455. The zero-order chi connectivity index (χ0) is 11.3. The average Bonchev–Trinajstić information content (AvgIpc) is 2.63. The van der Waals surface area contributed by atoms with Crippen LogP contribution in [0.4, 0.5) is 0 Å². The van der Waals surface area contributed by atoms with Crippen LogP contribution < -0.4 is 15.2 Å². The van der Waals surface area contributed by atoms with Crippen LogP contribution in [0.2, 0.25) is 5.02 Å². The molecule has 2 N–H and O–H groups in total. The molecule has 0 radical (unpaired) electrons. The zero-order valence-electron chi connectivity index (χ0n) is 9.18. The lowest BCUT2D eigenvalue weighted by Crippen LogP contribution is -2.44. The van der Waals surface area contributed by atoms with Gasteiger partial charge >= 0.3 is 0 Å². The summed E-state index contributed by atoms with van der Waals surface area (Å²) >= 11 is 6.29. The van der Waals surface area contributed by atoms with E-state index in [4.69, 9.17) is 26.8 Å². The van der Waals surface area contributed by atoms with Gasteiger partial charge in [0, 0.05) is 22.2 Å². The number of ether oxygens (including phenoxy) is 2. The van der Waals surface area contributed by atoms with Crippen LogP contribution in [-0.2, 0) is 5.54 Å². The van der Waals surface area contributed by atoms with E-state index in [2.05, 4.69) is 0 Å². The Morgan fingerprint density at radius 3 is 2.75 bits per heavy atom. The molecule has 16 heavy (non-hydrogen) atoms. The van der Waals surface area contributed by atoms with E-state index in [0.29, 0.717) is 5.02 Å². The van der Waals surface area contributed by atoms with Crippen molar-refractivity contribution in [3.8, 4) is 11.5 Å². The van der Waals surface area contributed by atoms with Crippen LogP contribution in [0.25, 0.3) is 0 Å². The molecular weight excluding hydrogens is 226 g/mol. The lowest BCUT2D eigenvalue weighted by Gasteiger charge is -2.40. The van der Waals surface area contributed by atoms with E-state index in [-0.39, 0.29) is 12.3 Å². The molecule has 3 rings (SSSR count). The van der Waals surface area contributed by atoms with E-state index in [1.165, 1.54) is 6.42 Å². The van der Waals surface area contributed by atoms with Crippen molar-refractivity contribution in [3.63, 3.8) is 0 Å². The first kappa shape index (κ1) is 10.2. The fraction of sp³-hybridized carbons (Fsp3) is 0.500. The quantitative estimate of drug-likeness (QED) is 0.820. The summed E-state index contributed by atoms with van der Waals surface area (Å²) in [6, 6.07) is 1.82. The van der Waals surface area contributed by atoms with Crippen LogP contribution in [0.5, 0.6) is 11.5 Å². The van der Waals surface area contributed by atoms with Crippen molar-refractivity contribution in [2.24, 2.45) is 5.73 Å². The van der Waals surface area contributed by atoms with E-state index in [1.807, 2.05) is 13.0 Å². The number of halogens is 1. The molecule has 0 spiro atoms. The third-order valence-corrected chi connectivity index (χ3v) is 3.90. The normalized spacial score (nSPS) is 20.7. The van der Waals surface area contributed by atoms with Crippen LogP contribution in [-0.4, -0.2) is 6.79 Å². The van der Waals surface area contributed by atoms with Gasteiger partial charge in [-0.2, -0.15) is 0 Å². The van der Waals surface area contributed by atoms with Gasteiger partial charge in [0.15, 0.2) is 11.5 Å². The van der Waals surface area contributed by atoms with Gasteiger partial charge in [-0.15, -0.1) is 0 Å². The number of benzene rings is 1. The molecule has 1 heterocycles. The van der Waals surface area contributed by atoms with Gasteiger partial charge in [0.1, 0.15) is 0 Å². The largest absolute Gasteiger partial charge is 0.454 e. The molecule has 4 heteroatoms. The zero-order valence-corrected chi connectivity index (χ0v) is 9.93. The molecule has 1 aromatic carbocycles. The first-order valence-corrected chi connectivity index (χ1v) is 5.88. The first-order chi connectivity index (χ1) is 7.62. The summed E-state index contributed by atoms with van der Waals surface area (Å²) in [4.78, 5) is 0. The minimum absolute atomic E-state index is 0.262. The highest BCUT2D eigenvalue weighted by Gasteiger charge is 2.39. The highest BCUT2D eigenvalue weighted by atomic mass is 35.5. The SMILES string of the molecule is Cc1c2c(cc(Cl)c1C1(N)CCC1)OCO2. The van der Waals surface area contributed by atoms with Gasteiger partial charge in [-0.05, 0) is 31.7 Å². The highest BCUT2D eigenvalue weighted by molar-refractivity contribution is 6.31. The van der Waals surface area contributed by atoms with Gasteiger partial charge < -0.3 is 15.2 Å². The van der Waals surface area contributed by atoms with Crippen molar-refractivity contribution in [2.75, 3.05) is 6.79 Å². The summed E-state index contributed by atoms with van der Waals surface area (Å²) in [5.41, 5.74) is 8.14. The average molecular weight is 240 g/mol. The van der Waals surface area contributed by atoms with Crippen LogP contribution >= 0.6 is 11.6 Å². The fourth-order valence-corrected chi connectivity index (χ4v) is 3.02. The Balaban J connectivity index is 2.18. The second-order valence-electron chi connectivity index (χ2n) is 4.60. The molecule has 2 aliphatic rings. The molecular formula is C12H14ClNO2. The number of rotatable bonds is 1. The Hall–Kier alpha value is -0.930. The third-order valence-electron chi connectivity index (χ3n) is 3.60. The van der Waals surface area contributed by atoms with E-state index >= 15 is 0 Å². The number of hydrogen-bond acceptors (Lipinski definition) is 3. The summed E-state index contributed by atoms with van der Waals surface area (Å²) in [6.07, 6.45) is 3.15. The summed E-state index contributed by atoms with van der Waals surface area (Å²) < 4.78 is 10.8. The van der Waals surface area contributed by atoms with E-state index in [9.17, 15) is 0 Å². The molecule has 0 aromatic heterocycles. The van der Waals surface area contributed by atoms with Crippen molar-refractivity contribution >= 4 is 11.6 Å². The van der Waals surface area contributed by atoms with E-state index in [0.717, 1.165) is 35.5 Å². The molecule has 1 aliphatic carbocycles. The van der Waals surface area contributed by atoms with Gasteiger partial charge in [-0.25, -0.2) is 0 Å². The topological polar surface area (TPSA) is 44.5 Å². The molecule has 0 atom stereocenters. The molecule has 3 nitrogen and oxygen atoms in total. The maximum Gasteiger partial charge on any atom is 0.231 e. The highest BCUT2D eigenvalue weighted by Crippen LogP contribution is 2.49. The maximum atomic E-state index is 6.34. The lowest BCUT2D eigenvalue weighted by molar-refractivity contribution is 0.173. The Morgan fingerprint density at radius 2 is 2.12 bits per heavy atom. The standard InChI is InChI=1S/C12H14ClNO2/c1-7-10(12(14)3-2-4-12)8(13)5-9-11(7)16-6-15-9/h5H,2-4,6,14H2,1H3. The summed E-state index contributed by atoms with van der Waals surface area (Å²) in [5, 5.41) is 0.698. The summed E-state index contributed by atoms with van der Waals surface area (Å²) in [6.45, 7) is 2.27. The predicted octanol–water partition coefficient (Wildman–Crippen LogP) is 2.72. The van der Waals surface area contributed by atoms with Gasteiger partial charge in [-0.1, -0.05) is 11.6 Å². The smallest absolute Gasteiger partial charge is 0.231 e. The van der Waals surface area contributed by atoms with Crippen LogP contribution in [0.1, 0.15) is 30.4 Å². The fourth-order valence-electron chi connectivity index (χ4n) is 2.59. The Kier molecular flexibility index (Phi) is 2.10. The van der Waals surface area contributed by atoms with Gasteiger partial charge in [0.25, 0.3) is 0 Å². The van der Waals surface area contributed by atoms with E-state index < -0.39 is 0 Å². The molecule has 0 amide bonds. The van der Waals surface area contributed by atoms with E-state index in [1.54, 1.807) is 0 Å². The number of nitrogens with two attached hydrogens (primary N) is 1. The second kappa shape index (κ2) is 3.28. The van der Waals surface area contributed by atoms with Gasteiger partial charge in [-0.3, -0.25) is 0 Å². The molecule has 1 aromatic rings. The maximum absolute atomic E-state index is 6.34. The van der Waals surface area contributed by atoms with Crippen molar-refractivity contribution in [1.82, 2.24) is 0 Å². The number of hydrogen-bond donors (Lipinski definition) is 1. The number of fused-ring (bicyclic) bond motifs is 1. The minimum atomic E-state index is -0.262. The first-order valence-electron chi connectivity index (χ1n) is 5.50. The molecule has 86 valence electrons. The van der Waals surface area contributed by atoms with Crippen molar-refractivity contribution in [1.29, 1.82) is 0 Å². The molecule has 1 fully saturated rings. The Labute approximate surface area is 99.5 Å². The molecule has 0 bridgehead atoms. The predicted molar refractivity (Wildman–Crippen MR) is 62.0 cm³/mol. The molecule has 0 unspecified atom stereocenters.